The van der Waals surface area contributed by atoms with E-state index in [9.17, 15) is 4.79 Å². The minimum atomic E-state index is -0.448. The molecule has 0 unspecified atom stereocenters. The Labute approximate surface area is 135 Å². The number of hydrogen-bond donors (Lipinski definition) is 0. The van der Waals surface area contributed by atoms with Gasteiger partial charge in [0.2, 0.25) is 5.76 Å². The number of methoxy groups -OCH3 is 1. The van der Waals surface area contributed by atoms with Crippen molar-refractivity contribution in [3.63, 3.8) is 0 Å². The molecule has 0 N–H and O–H groups in total. The number of furan rings is 2. The molecule has 0 spiro atoms. The largest absolute Gasteiger partial charge is 0.467 e. The fourth-order valence-electron chi connectivity index (χ4n) is 2.86. The van der Waals surface area contributed by atoms with Crippen LogP contribution in [0.5, 0.6) is 0 Å². The number of esters is 1. The standard InChI is InChI=1S/C17H21NO5/c1-11-9-14(23-16(11)17(19)20-3)12(2)18-6-8-22-15(10-18)13-5-4-7-21-13/h4-5,7,9,12,15H,6,8,10H2,1-3H3/t12-,15-/m0/s1. The van der Waals surface area contributed by atoms with Gasteiger partial charge in [-0.1, -0.05) is 0 Å². The number of carbonyl (C=O) groups is 1. The maximum atomic E-state index is 11.7. The summed E-state index contributed by atoms with van der Waals surface area (Å²) in [6.07, 6.45) is 1.57. The number of aryl methyl sites for hydroxylation is 1. The second-order valence-electron chi connectivity index (χ2n) is 5.70. The van der Waals surface area contributed by atoms with Gasteiger partial charge in [-0.3, -0.25) is 4.90 Å². The second-order valence-corrected chi connectivity index (χ2v) is 5.70. The predicted octanol–water partition coefficient (Wildman–Crippen LogP) is 3.10. The topological polar surface area (TPSA) is 65.0 Å². The fourth-order valence-corrected chi connectivity index (χ4v) is 2.86. The summed E-state index contributed by atoms with van der Waals surface area (Å²) >= 11 is 0. The molecule has 23 heavy (non-hydrogen) atoms. The summed E-state index contributed by atoms with van der Waals surface area (Å²) < 4.78 is 21.7. The number of ether oxygens (including phenoxy) is 2. The van der Waals surface area contributed by atoms with Crippen molar-refractivity contribution in [3.8, 4) is 0 Å². The number of nitrogens with zero attached hydrogens (tertiary/aromatic N) is 1. The molecule has 0 amide bonds. The van der Waals surface area contributed by atoms with Crippen LogP contribution in [0.1, 0.15) is 46.7 Å². The first-order valence-electron chi connectivity index (χ1n) is 7.68. The number of rotatable bonds is 4. The zero-order valence-corrected chi connectivity index (χ0v) is 13.6. The summed E-state index contributed by atoms with van der Waals surface area (Å²) in [6.45, 7) is 6.04. The Balaban J connectivity index is 1.75. The quantitative estimate of drug-likeness (QED) is 0.807. The van der Waals surface area contributed by atoms with E-state index in [0.717, 1.165) is 23.6 Å². The van der Waals surface area contributed by atoms with E-state index in [1.165, 1.54) is 7.11 Å². The third kappa shape index (κ3) is 3.18. The van der Waals surface area contributed by atoms with Crippen molar-refractivity contribution in [3.05, 3.63) is 47.3 Å². The number of carbonyl (C=O) groups excluding carboxylic acids is 1. The molecule has 1 aliphatic rings. The Morgan fingerprint density at radius 2 is 2.30 bits per heavy atom. The molecule has 0 aromatic carbocycles. The summed E-state index contributed by atoms with van der Waals surface area (Å²) in [5.74, 6) is 1.40. The molecule has 0 bridgehead atoms. The molecule has 124 valence electrons. The second kappa shape index (κ2) is 6.60. The van der Waals surface area contributed by atoms with E-state index in [2.05, 4.69) is 11.8 Å². The maximum Gasteiger partial charge on any atom is 0.374 e. The van der Waals surface area contributed by atoms with Crippen molar-refractivity contribution < 1.29 is 23.1 Å². The Kier molecular flexibility index (Phi) is 4.54. The molecule has 0 saturated carbocycles. The summed E-state index contributed by atoms with van der Waals surface area (Å²) in [5, 5.41) is 0. The lowest BCUT2D eigenvalue weighted by Crippen LogP contribution is -2.39. The van der Waals surface area contributed by atoms with Crippen molar-refractivity contribution in [2.75, 3.05) is 26.8 Å². The van der Waals surface area contributed by atoms with E-state index < -0.39 is 5.97 Å². The van der Waals surface area contributed by atoms with Crippen LogP contribution in [0.4, 0.5) is 0 Å². The van der Waals surface area contributed by atoms with Crippen LogP contribution in [0.25, 0.3) is 0 Å². The molecule has 2 aromatic rings. The Hall–Kier alpha value is -2.05. The summed E-state index contributed by atoms with van der Waals surface area (Å²) in [7, 11) is 1.35. The molecule has 2 aromatic heterocycles. The minimum Gasteiger partial charge on any atom is -0.467 e. The zero-order valence-electron chi connectivity index (χ0n) is 13.6. The summed E-state index contributed by atoms with van der Waals surface area (Å²) in [6, 6.07) is 5.72. The molecule has 1 aliphatic heterocycles. The zero-order chi connectivity index (χ0) is 16.4. The van der Waals surface area contributed by atoms with Crippen LogP contribution in [0.3, 0.4) is 0 Å². The van der Waals surface area contributed by atoms with Gasteiger partial charge in [0.25, 0.3) is 0 Å². The van der Waals surface area contributed by atoms with E-state index in [0.29, 0.717) is 13.2 Å². The highest BCUT2D eigenvalue weighted by Gasteiger charge is 2.30. The predicted molar refractivity (Wildman–Crippen MR) is 82.2 cm³/mol. The number of morpholine rings is 1. The molecular weight excluding hydrogens is 298 g/mol. The SMILES string of the molecule is COC(=O)c1oc([C@H](C)N2CCO[C@H](c3ccco3)C2)cc1C. The highest BCUT2D eigenvalue weighted by atomic mass is 16.5. The van der Waals surface area contributed by atoms with Crippen LogP contribution in [0.2, 0.25) is 0 Å². The van der Waals surface area contributed by atoms with E-state index in [1.54, 1.807) is 6.26 Å². The first kappa shape index (κ1) is 15.8. The van der Waals surface area contributed by atoms with Crippen molar-refractivity contribution >= 4 is 5.97 Å². The van der Waals surface area contributed by atoms with E-state index in [4.69, 9.17) is 18.3 Å². The molecule has 2 atom stereocenters. The molecule has 0 radical (unpaired) electrons. The molecule has 1 saturated heterocycles. The van der Waals surface area contributed by atoms with Gasteiger partial charge in [0, 0.05) is 18.7 Å². The molecule has 6 nitrogen and oxygen atoms in total. The third-order valence-electron chi connectivity index (χ3n) is 4.23. The average Bonchev–Trinajstić information content (AvgIpc) is 3.23. The molecule has 3 heterocycles. The maximum absolute atomic E-state index is 11.7. The van der Waals surface area contributed by atoms with Crippen molar-refractivity contribution in [1.82, 2.24) is 4.90 Å². The number of hydrogen-bond acceptors (Lipinski definition) is 6. The van der Waals surface area contributed by atoms with Gasteiger partial charge in [0.15, 0.2) is 0 Å². The van der Waals surface area contributed by atoms with Gasteiger partial charge >= 0.3 is 5.97 Å². The van der Waals surface area contributed by atoms with Gasteiger partial charge < -0.3 is 18.3 Å². The van der Waals surface area contributed by atoms with Crippen LogP contribution in [-0.4, -0.2) is 37.7 Å². The highest BCUT2D eigenvalue weighted by molar-refractivity contribution is 5.87. The van der Waals surface area contributed by atoms with Gasteiger partial charge in [0.05, 0.1) is 26.0 Å². The summed E-state index contributed by atoms with van der Waals surface area (Å²) in [4.78, 5) is 14.0. The minimum absolute atomic E-state index is 0.0356. The summed E-state index contributed by atoms with van der Waals surface area (Å²) in [5.41, 5.74) is 0.787. The van der Waals surface area contributed by atoms with Crippen LogP contribution in [0.15, 0.2) is 33.3 Å². The first-order valence-corrected chi connectivity index (χ1v) is 7.68. The molecular formula is C17H21NO5. The third-order valence-corrected chi connectivity index (χ3v) is 4.23. The lowest BCUT2D eigenvalue weighted by atomic mass is 10.1. The van der Waals surface area contributed by atoms with Gasteiger partial charge in [-0.2, -0.15) is 0 Å². The molecule has 3 rings (SSSR count). The van der Waals surface area contributed by atoms with Gasteiger partial charge in [-0.25, -0.2) is 4.79 Å². The Morgan fingerprint density at radius 1 is 1.48 bits per heavy atom. The smallest absolute Gasteiger partial charge is 0.374 e. The van der Waals surface area contributed by atoms with Gasteiger partial charge in [-0.15, -0.1) is 0 Å². The fraction of sp³-hybridized carbons (Fsp3) is 0.471. The van der Waals surface area contributed by atoms with Gasteiger partial charge in [-0.05, 0) is 32.0 Å². The van der Waals surface area contributed by atoms with E-state index >= 15 is 0 Å². The molecule has 0 aliphatic carbocycles. The van der Waals surface area contributed by atoms with Crippen molar-refractivity contribution in [1.29, 1.82) is 0 Å². The average molecular weight is 319 g/mol. The first-order chi connectivity index (χ1) is 11.1. The Bertz CT molecular complexity index is 661. The van der Waals surface area contributed by atoms with Crippen molar-refractivity contribution in [2.45, 2.75) is 26.0 Å². The van der Waals surface area contributed by atoms with Crippen LogP contribution in [0, 0.1) is 6.92 Å². The highest BCUT2D eigenvalue weighted by Crippen LogP contribution is 2.30. The normalized spacial score (nSPS) is 20.4. The molecule has 1 fully saturated rings. The molecule has 6 heteroatoms. The van der Waals surface area contributed by atoms with Gasteiger partial charge in [0.1, 0.15) is 17.6 Å². The monoisotopic (exact) mass is 319 g/mol. The van der Waals surface area contributed by atoms with E-state index in [1.807, 2.05) is 25.1 Å². The van der Waals surface area contributed by atoms with Crippen LogP contribution in [-0.2, 0) is 9.47 Å². The lowest BCUT2D eigenvalue weighted by Gasteiger charge is -2.35. The van der Waals surface area contributed by atoms with Crippen molar-refractivity contribution in [2.24, 2.45) is 0 Å². The van der Waals surface area contributed by atoms with Crippen LogP contribution < -0.4 is 0 Å². The Morgan fingerprint density at radius 3 is 3.00 bits per heavy atom. The van der Waals surface area contributed by atoms with E-state index in [-0.39, 0.29) is 17.9 Å². The van der Waals surface area contributed by atoms with Crippen LogP contribution >= 0.6 is 0 Å². The lowest BCUT2D eigenvalue weighted by molar-refractivity contribution is -0.0547.